The van der Waals surface area contributed by atoms with Crippen molar-refractivity contribution in [2.75, 3.05) is 31.2 Å². The van der Waals surface area contributed by atoms with Crippen LogP contribution in [0.5, 0.6) is 0 Å². The molecule has 1 N–H and O–H groups in total. The molecule has 130 valence electrons. The van der Waals surface area contributed by atoms with E-state index in [1.54, 1.807) is 12.3 Å². The summed E-state index contributed by atoms with van der Waals surface area (Å²) < 4.78 is 5.33. The van der Waals surface area contributed by atoms with Gasteiger partial charge in [-0.2, -0.15) is 0 Å². The maximum atomic E-state index is 12.7. The highest BCUT2D eigenvalue weighted by Crippen LogP contribution is 2.37. The largest absolute Gasteiger partial charge is 0.393 e. The van der Waals surface area contributed by atoms with Gasteiger partial charge in [-0.3, -0.25) is 4.79 Å². The van der Waals surface area contributed by atoms with Gasteiger partial charge in [0.15, 0.2) is 0 Å². The third-order valence-electron chi connectivity index (χ3n) is 5.51. The van der Waals surface area contributed by atoms with Crippen LogP contribution in [0.15, 0.2) is 18.3 Å². The number of carbonyl (C=O) groups excluding carboxylic acids is 1. The molecule has 24 heavy (non-hydrogen) atoms. The standard InChI is InChI=1S/C18H25N3O3/c22-16-11-14-2-1-3-15(12-16)21(14)17-10-13(4-5-19-17)18(23)20-6-8-24-9-7-20/h4-5,10,14-16,22H,1-3,6-9,11-12H2/t14-,15+,16?. The Balaban J connectivity index is 1.57. The average molecular weight is 331 g/mol. The van der Waals surface area contributed by atoms with Gasteiger partial charge >= 0.3 is 0 Å². The molecule has 1 amide bonds. The summed E-state index contributed by atoms with van der Waals surface area (Å²) in [4.78, 5) is 21.5. The first kappa shape index (κ1) is 15.8. The van der Waals surface area contributed by atoms with E-state index in [9.17, 15) is 9.90 Å². The van der Waals surface area contributed by atoms with Crippen molar-refractivity contribution in [3.8, 4) is 0 Å². The number of ether oxygens (including phenoxy) is 1. The molecule has 3 saturated heterocycles. The molecule has 0 saturated carbocycles. The van der Waals surface area contributed by atoms with Crippen molar-refractivity contribution < 1.29 is 14.6 Å². The molecular weight excluding hydrogens is 306 g/mol. The highest BCUT2D eigenvalue weighted by atomic mass is 16.5. The fourth-order valence-electron chi connectivity index (χ4n) is 4.37. The topological polar surface area (TPSA) is 65.9 Å². The fraction of sp³-hybridized carbons (Fsp3) is 0.667. The van der Waals surface area contributed by atoms with E-state index in [-0.39, 0.29) is 12.0 Å². The van der Waals surface area contributed by atoms with Crippen LogP contribution < -0.4 is 4.90 Å². The molecule has 0 radical (unpaired) electrons. The van der Waals surface area contributed by atoms with Gasteiger partial charge in [-0.1, -0.05) is 0 Å². The maximum absolute atomic E-state index is 12.7. The van der Waals surface area contributed by atoms with Crippen molar-refractivity contribution in [2.24, 2.45) is 0 Å². The minimum absolute atomic E-state index is 0.0594. The Morgan fingerprint density at radius 3 is 2.62 bits per heavy atom. The Morgan fingerprint density at radius 1 is 1.21 bits per heavy atom. The van der Waals surface area contributed by atoms with Gasteiger partial charge in [-0.25, -0.2) is 4.98 Å². The van der Waals surface area contributed by atoms with Crippen LogP contribution in [0.4, 0.5) is 5.82 Å². The molecule has 6 nitrogen and oxygen atoms in total. The van der Waals surface area contributed by atoms with E-state index in [1.807, 2.05) is 11.0 Å². The summed E-state index contributed by atoms with van der Waals surface area (Å²) in [6, 6.07) is 4.42. The quantitative estimate of drug-likeness (QED) is 0.888. The van der Waals surface area contributed by atoms with Crippen LogP contribution in [-0.4, -0.2) is 65.4 Å². The molecule has 2 bridgehead atoms. The second-order valence-electron chi connectivity index (χ2n) is 7.08. The van der Waals surface area contributed by atoms with Gasteiger partial charge in [0.25, 0.3) is 5.91 Å². The van der Waals surface area contributed by atoms with Crippen molar-refractivity contribution >= 4 is 11.7 Å². The molecule has 1 unspecified atom stereocenters. The fourth-order valence-corrected chi connectivity index (χ4v) is 4.37. The number of amides is 1. The lowest BCUT2D eigenvalue weighted by Gasteiger charge is -2.48. The minimum atomic E-state index is -0.199. The zero-order chi connectivity index (χ0) is 16.5. The second kappa shape index (κ2) is 6.69. The van der Waals surface area contributed by atoms with Crippen LogP contribution in [-0.2, 0) is 4.74 Å². The Morgan fingerprint density at radius 2 is 1.92 bits per heavy atom. The first-order chi connectivity index (χ1) is 11.7. The van der Waals surface area contributed by atoms with Crippen molar-refractivity contribution in [1.82, 2.24) is 9.88 Å². The van der Waals surface area contributed by atoms with Gasteiger partial charge < -0.3 is 19.6 Å². The predicted molar refractivity (Wildman–Crippen MR) is 90.1 cm³/mol. The summed E-state index contributed by atoms with van der Waals surface area (Å²) in [5.74, 6) is 0.944. The molecule has 0 aliphatic carbocycles. The SMILES string of the molecule is O=C(c1ccnc(N2[C@@H]3CCC[C@H]2CC(O)C3)c1)N1CCOCC1. The van der Waals surface area contributed by atoms with Crippen LogP contribution >= 0.6 is 0 Å². The monoisotopic (exact) mass is 331 g/mol. The highest BCUT2D eigenvalue weighted by Gasteiger charge is 2.38. The number of piperidine rings is 2. The van der Waals surface area contributed by atoms with Crippen molar-refractivity contribution in [3.63, 3.8) is 0 Å². The van der Waals surface area contributed by atoms with E-state index in [0.29, 0.717) is 44.0 Å². The minimum Gasteiger partial charge on any atom is -0.393 e. The Hall–Kier alpha value is -1.66. The second-order valence-corrected chi connectivity index (χ2v) is 7.08. The number of morpholine rings is 1. The summed E-state index contributed by atoms with van der Waals surface area (Å²) in [5, 5.41) is 10.1. The lowest BCUT2D eigenvalue weighted by molar-refractivity contribution is 0.0302. The number of hydrogen-bond acceptors (Lipinski definition) is 5. The summed E-state index contributed by atoms with van der Waals surface area (Å²) in [7, 11) is 0. The smallest absolute Gasteiger partial charge is 0.254 e. The number of nitrogens with zero attached hydrogens (tertiary/aromatic N) is 3. The van der Waals surface area contributed by atoms with Gasteiger partial charge in [0.1, 0.15) is 5.82 Å². The number of hydrogen-bond donors (Lipinski definition) is 1. The molecule has 6 heteroatoms. The van der Waals surface area contributed by atoms with Gasteiger partial charge in [-0.05, 0) is 44.2 Å². The van der Waals surface area contributed by atoms with Crippen molar-refractivity contribution in [1.29, 1.82) is 0 Å². The molecule has 0 aromatic carbocycles. The van der Waals surface area contributed by atoms with E-state index < -0.39 is 0 Å². The first-order valence-corrected chi connectivity index (χ1v) is 9.02. The first-order valence-electron chi connectivity index (χ1n) is 9.02. The van der Waals surface area contributed by atoms with E-state index in [1.165, 1.54) is 6.42 Å². The van der Waals surface area contributed by atoms with Gasteiger partial charge in [0, 0.05) is 36.9 Å². The van der Waals surface area contributed by atoms with Crippen molar-refractivity contribution in [3.05, 3.63) is 23.9 Å². The van der Waals surface area contributed by atoms with Crippen LogP contribution in [0.2, 0.25) is 0 Å². The van der Waals surface area contributed by atoms with Gasteiger partial charge in [0.2, 0.25) is 0 Å². The number of anilines is 1. The molecule has 3 aliphatic heterocycles. The molecule has 0 spiro atoms. The van der Waals surface area contributed by atoms with E-state index in [2.05, 4.69) is 9.88 Å². The number of aromatic nitrogens is 1. The number of pyridine rings is 1. The molecule has 3 fully saturated rings. The highest BCUT2D eigenvalue weighted by molar-refractivity contribution is 5.95. The van der Waals surface area contributed by atoms with Crippen LogP contribution in [0.3, 0.4) is 0 Å². The molecule has 4 heterocycles. The maximum Gasteiger partial charge on any atom is 0.254 e. The molecule has 1 aromatic rings. The Labute approximate surface area is 142 Å². The predicted octanol–water partition coefficient (Wildman–Crippen LogP) is 1.44. The Kier molecular flexibility index (Phi) is 4.41. The zero-order valence-corrected chi connectivity index (χ0v) is 13.9. The summed E-state index contributed by atoms with van der Waals surface area (Å²) in [6.45, 7) is 2.52. The number of rotatable bonds is 2. The summed E-state index contributed by atoms with van der Waals surface area (Å²) in [6.07, 6.45) is 6.55. The molecular formula is C18H25N3O3. The van der Waals surface area contributed by atoms with Gasteiger partial charge in [0.05, 0.1) is 19.3 Å². The van der Waals surface area contributed by atoms with Crippen molar-refractivity contribution in [2.45, 2.75) is 50.3 Å². The Bertz CT molecular complexity index is 589. The number of fused-ring (bicyclic) bond motifs is 2. The summed E-state index contributed by atoms with van der Waals surface area (Å²) in [5.41, 5.74) is 0.700. The average Bonchev–Trinajstić information content (AvgIpc) is 2.61. The van der Waals surface area contributed by atoms with E-state index >= 15 is 0 Å². The van der Waals surface area contributed by atoms with Crippen LogP contribution in [0.25, 0.3) is 0 Å². The van der Waals surface area contributed by atoms with Crippen LogP contribution in [0, 0.1) is 0 Å². The third kappa shape index (κ3) is 3.00. The molecule has 3 aliphatic rings. The van der Waals surface area contributed by atoms with E-state index in [0.717, 1.165) is 31.5 Å². The molecule has 3 atom stereocenters. The summed E-state index contributed by atoms with van der Waals surface area (Å²) >= 11 is 0. The molecule has 4 rings (SSSR count). The number of aliphatic hydroxyl groups is 1. The van der Waals surface area contributed by atoms with Gasteiger partial charge in [-0.15, -0.1) is 0 Å². The number of carbonyl (C=O) groups is 1. The zero-order valence-electron chi connectivity index (χ0n) is 13.9. The number of aliphatic hydroxyl groups excluding tert-OH is 1. The normalized spacial score (nSPS) is 30.3. The lowest BCUT2D eigenvalue weighted by Crippen LogP contribution is -2.54. The third-order valence-corrected chi connectivity index (χ3v) is 5.51. The lowest BCUT2D eigenvalue weighted by atomic mass is 9.83. The molecule has 1 aromatic heterocycles. The van der Waals surface area contributed by atoms with Crippen LogP contribution in [0.1, 0.15) is 42.5 Å². The van der Waals surface area contributed by atoms with E-state index in [4.69, 9.17) is 4.74 Å².